The first-order valence-electron chi connectivity index (χ1n) is 9.54. The fourth-order valence-electron chi connectivity index (χ4n) is 3.66. The molecule has 2 heterocycles. The lowest BCUT2D eigenvalue weighted by atomic mass is 10.0. The fourth-order valence-corrected chi connectivity index (χ4v) is 4.53. The van der Waals surface area contributed by atoms with Crippen LogP contribution < -0.4 is 5.63 Å². The Bertz CT molecular complexity index is 1460. The lowest BCUT2D eigenvalue weighted by molar-refractivity contribution is 0.560. The van der Waals surface area contributed by atoms with Gasteiger partial charge in [-0.05, 0) is 63.9 Å². The molecule has 0 atom stereocenters. The third-order valence-corrected chi connectivity index (χ3v) is 6.28. The van der Waals surface area contributed by atoms with Crippen LogP contribution in [-0.4, -0.2) is 20.2 Å². The average Bonchev–Trinajstić information content (AvgIpc) is 3.22. The van der Waals surface area contributed by atoms with Gasteiger partial charge in [0.1, 0.15) is 5.58 Å². The van der Waals surface area contributed by atoms with Crippen molar-refractivity contribution >= 4 is 33.5 Å². The Balaban J connectivity index is 1.57. The number of hydrogen-bond donors (Lipinski definition) is 0. The molecule has 0 N–H and O–H groups in total. The van der Waals surface area contributed by atoms with Gasteiger partial charge < -0.3 is 4.42 Å². The van der Waals surface area contributed by atoms with Crippen molar-refractivity contribution in [3.05, 3.63) is 87.8 Å². The van der Waals surface area contributed by atoms with Gasteiger partial charge in [-0.1, -0.05) is 54.2 Å². The van der Waals surface area contributed by atoms with Crippen LogP contribution in [0.3, 0.4) is 0 Å². The summed E-state index contributed by atoms with van der Waals surface area (Å²) >= 11 is 1.49. The Labute approximate surface area is 176 Å². The lowest BCUT2D eigenvalue weighted by Crippen LogP contribution is -2.03. The smallest absolute Gasteiger partial charge is 0.336 e. The van der Waals surface area contributed by atoms with Crippen LogP contribution in [0.4, 0.5) is 0 Å². The van der Waals surface area contributed by atoms with E-state index >= 15 is 0 Å². The highest BCUT2D eigenvalue weighted by molar-refractivity contribution is 7.98. The molecule has 5 rings (SSSR count). The quantitative estimate of drug-likeness (QED) is 0.238. The number of benzene rings is 3. The number of thioether (sulfide) groups is 1. The van der Waals surface area contributed by atoms with E-state index < -0.39 is 0 Å². The molecule has 6 nitrogen and oxygen atoms in total. The first kappa shape index (κ1) is 18.6. The van der Waals surface area contributed by atoms with Gasteiger partial charge in [-0.2, -0.15) is 4.68 Å². The number of rotatable bonds is 4. The first-order chi connectivity index (χ1) is 14.6. The van der Waals surface area contributed by atoms with E-state index in [0.29, 0.717) is 16.5 Å². The third-order valence-electron chi connectivity index (χ3n) is 5.32. The van der Waals surface area contributed by atoms with Crippen LogP contribution in [0.15, 0.2) is 75.0 Å². The Morgan fingerprint density at radius 3 is 2.80 bits per heavy atom. The summed E-state index contributed by atoms with van der Waals surface area (Å²) in [7, 11) is 0. The molecule has 0 fully saturated rings. The number of nitrogens with zero attached hydrogens (tertiary/aromatic N) is 4. The van der Waals surface area contributed by atoms with Crippen LogP contribution in [0.5, 0.6) is 0 Å². The zero-order valence-corrected chi connectivity index (χ0v) is 17.3. The molecule has 0 aliphatic rings. The largest absolute Gasteiger partial charge is 0.423 e. The van der Waals surface area contributed by atoms with Gasteiger partial charge in [0.25, 0.3) is 0 Å². The minimum Gasteiger partial charge on any atom is -0.423 e. The maximum Gasteiger partial charge on any atom is 0.336 e. The molecule has 7 heteroatoms. The highest BCUT2D eigenvalue weighted by Gasteiger charge is 2.15. The van der Waals surface area contributed by atoms with Gasteiger partial charge in [-0.25, -0.2) is 4.79 Å². The SMILES string of the molecule is Cc1cccc(-n2nnnc2SCc2cc(=O)oc3ccc4ccccc4c23)c1C. The van der Waals surface area contributed by atoms with Gasteiger partial charge in [0.15, 0.2) is 0 Å². The van der Waals surface area contributed by atoms with Crippen molar-refractivity contribution in [3.63, 3.8) is 0 Å². The molecule has 3 aromatic carbocycles. The highest BCUT2D eigenvalue weighted by Crippen LogP contribution is 2.31. The molecule has 0 saturated carbocycles. The monoisotopic (exact) mass is 414 g/mol. The van der Waals surface area contributed by atoms with Crippen molar-refractivity contribution in [2.75, 3.05) is 0 Å². The van der Waals surface area contributed by atoms with Crippen LogP contribution in [-0.2, 0) is 5.75 Å². The molecule has 30 heavy (non-hydrogen) atoms. The van der Waals surface area contributed by atoms with Crippen LogP contribution in [0, 0.1) is 13.8 Å². The van der Waals surface area contributed by atoms with Crippen molar-refractivity contribution in [1.82, 2.24) is 20.2 Å². The van der Waals surface area contributed by atoms with E-state index in [1.807, 2.05) is 42.5 Å². The molecule has 148 valence electrons. The van der Waals surface area contributed by atoms with Crippen molar-refractivity contribution in [2.45, 2.75) is 24.8 Å². The number of hydrogen-bond acceptors (Lipinski definition) is 6. The van der Waals surface area contributed by atoms with Crippen LogP contribution in [0.25, 0.3) is 27.4 Å². The van der Waals surface area contributed by atoms with Crippen LogP contribution in [0.1, 0.15) is 16.7 Å². The second-order valence-corrected chi connectivity index (χ2v) is 8.07. The van der Waals surface area contributed by atoms with Crippen molar-refractivity contribution < 1.29 is 4.42 Å². The zero-order chi connectivity index (χ0) is 20.7. The normalized spacial score (nSPS) is 11.4. The summed E-state index contributed by atoms with van der Waals surface area (Å²) in [6.45, 7) is 4.12. The van der Waals surface area contributed by atoms with Gasteiger partial charge in [-0.3, -0.25) is 0 Å². The average molecular weight is 414 g/mol. The Morgan fingerprint density at radius 1 is 1.03 bits per heavy atom. The van der Waals surface area contributed by atoms with E-state index in [-0.39, 0.29) is 5.63 Å². The van der Waals surface area contributed by atoms with Gasteiger partial charge >= 0.3 is 5.63 Å². The molecule has 0 bridgehead atoms. The van der Waals surface area contributed by atoms with Gasteiger partial charge in [0, 0.05) is 17.2 Å². The molecule has 0 radical (unpaired) electrons. The summed E-state index contributed by atoms with van der Waals surface area (Å²) in [5.41, 5.74) is 4.39. The van der Waals surface area contributed by atoms with Crippen molar-refractivity contribution in [3.8, 4) is 5.69 Å². The minimum atomic E-state index is -0.359. The summed E-state index contributed by atoms with van der Waals surface area (Å²) in [4.78, 5) is 12.2. The Morgan fingerprint density at radius 2 is 1.90 bits per heavy atom. The maximum absolute atomic E-state index is 12.2. The van der Waals surface area contributed by atoms with Crippen LogP contribution >= 0.6 is 11.8 Å². The van der Waals surface area contributed by atoms with E-state index in [1.165, 1.54) is 17.3 Å². The predicted molar refractivity (Wildman–Crippen MR) is 118 cm³/mol. The summed E-state index contributed by atoms with van der Waals surface area (Å²) in [5, 5.41) is 16.0. The lowest BCUT2D eigenvalue weighted by Gasteiger charge is -2.10. The summed E-state index contributed by atoms with van der Waals surface area (Å²) in [6.07, 6.45) is 0. The minimum absolute atomic E-state index is 0.359. The molecular formula is C23H18N4O2S. The Hall–Kier alpha value is -3.45. The maximum atomic E-state index is 12.2. The fraction of sp³-hybridized carbons (Fsp3) is 0.130. The van der Waals surface area contributed by atoms with E-state index in [0.717, 1.165) is 33.0 Å². The topological polar surface area (TPSA) is 73.8 Å². The van der Waals surface area contributed by atoms with E-state index in [9.17, 15) is 4.79 Å². The molecule has 0 unspecified atom stereocenters. The molecule has 0 amide bonds. The van der Waals surface area contributed by atoms with Gasteiger partial charge in [0.05, 0.1) is 5.69 Å². The molecule has 0 saturated heterocycles. The standard InChI is InChI=1S/C23H18N4O2S/c1-14-6-5-9-19(15(14)2)27-23(24-25-26-27)30-13-17-12-21(28)29-20-11-10-16-7-3-4-8-18(16)22(17)20/h3-12H,13H2,1-2H3. The van der Waals surface area contributed by atoms with E-state index in [1.54, 1.807) is 10.7 Å². The zero-order valence-electron chi connectivity index (χ0n) is 16.5. The molecule has 2 aromatic heterocycles. The van der Waals surface area contributed by atoms with Crippen molar-refractivity contribution in [2.24, 2.45) is 0 Å². The van der Waals surface area contributed by atoms with Crippen molar-refractivity contribution in [1.29, 1.82) is 0 Å². The molecule has 0 aliphatic carbocycles. The van der Waals surface area contributed by atoms with E-state index in [2.05, 4.69) is 41.5 Å². The second-order valence-electron chi connectivity index (χ2n) is 7.13. The predicted octanol–water partition coefficient (Wildman–Crippen LogP) is 4.83. The van der Waals surface area contributed by atoms with Gasteiger partial charge in [0.2, 0.25) is 5.16 Å². The number of aromatic nitrogens is 4. The summed E-state index contributed by atoms with van der Waals surface area (Å²) < 4.78 is 7.21. The third kappa shape index (κ3) is 3.17. The number of tetrazole rings is 1. The number of aryl methyl sites for hydroxylation is 1. The van der Waals surface area contributed by atoms with E-state index in [4.69, 9.17) is 4.42 Å². The summed E-state index contributed by atoms with van der Waals surface area (Å²) in [5.74, 6) is 0.543. The highest BCUT2D eigenvalue weighted by atomic mass is 32.2. The second kappa shape index (κ2) is 7.42. The Kier molecular flexibility index (Phi) is 4.59. The number of fused-ring (bicyclic) bond motifs is 3. The molecular weight excluding hydrogens is 396 g/mol. The summed E-state index contributed by atoms with van der Waals surface area (Å²) in [6, 6.07) is 19.5. The van der Waals surface area contributed by atoms with Crippen LogP contribution in [0.2, 0.25) is 0 Å². The molecule has 5 aromatic rings. The van der Waals surface area contributed by atoms with Gasteiger partial charge in [-0.15, -0.1) is 5.10 Å². The molecule has 0 spiro atoms. The molecule has 0 aliphatic heterocycles. The first-order valence-corrected chi connectivity index (χ1v) is 10.5.